The van der Waals surface area contributed by atoms with Gasteiger partial charge in [-0.2, -0.15) is 0 Å². The maximum atomic E-state index is 10.8. The lowest BCUT2D eigenvalue weighted by Gasteiger charge is -2.04. The summed E-state index contributed by atoms with van der Waals surface area (Å²) >= 11 is 3.12. The molecule has 0 saturated heterocycles. The first-order chi connectivity index (χ1) is 8.16. The largest absolute Gasteiger partial charge is 0.432 e. The van der Waals surface area contributed by atoms with Crippen molar-refractivity contribution in [1.29, 1.82) is 0 Å². The van der Waals surface area contributed by atoms with Crippen LogP contribution in [0.25, 0.3) is 0 Å². The third-order valence-corrected chi connectivity index (χ3v) is 2.28. The monoisotopic (exact) mass is 295 g/mol. The number of pyridine rings is 2. The fourth-order valence-corrected chi connectivity index (χ4v) is 1.46. The van der Waals surface area contributed by atoms with Gasteiger partial charge < -0.3 is 4.74 Å². The molecule has 17 heavy (non-hydrogen) atoms. The first-order valence-electron chi connectivity index (χ1n) is 4.54. The first-order valence-corrected chi connectivity index (χ1v) is 5.34. The van der Waals surface area contributed by atoms with E-state index >= 15 is 0 Å². The quantitative estimate of drug-likeness (QED) is 0.642. The van der Waals surface area contributed by atoms with Gasteiger partial charge in [-0.15, -0.1) is 0 Å². The van der Waals surface area contributed by atoms with Crippen LogP contribution in [-0.4, -0.2) is 14.9 Å². The fraction of sp³-hybridized carbons (Fsp3) is 0. The lowest BCUT2D eigenvalue weighted by atomic mass is 10.4. The Hall–Kier alpha value is -2.02. The molecule has 0 bridgehead atoms. The molecule has 0 spiro atoms. The topological polar surface area (TPSA) is 78.2 Å². The van der Waals surface area contributed by atoms with Gasteiger partial charge in [0.2, 0.25) is 0 Å². The smallest absolute Gasteiger partial charge is 0.332 e. The predicted molar refractivity (Wildman–Crippen MR) is 62.9 cm³/mol. The summed E-state index contributed by atoms with van der Waals surface area (Å²) in [5.74, 6) is 0.330. The van der Waals surface area contributed by atoms with Gasteiger partial charge in [-0.1, -0.05) is 0 Å². The Labute approximate surface area is 105 Å². The molecule has 2 heterocycles. The standard InChI is InChI=1S/C10H6BrN3O3/c11-7-4-9(14(15)16)10(13-5-7)17-8-2-1-3-12-6-8/h1-6H. The van der Waals surface area contributed by atoms with Crippen LogP contribution in [0.3, 0.4) is 0 Å². The second-order valence-corrected chi connectivity index (χ2v) is 3.94. The molecule has 0 N–H and O–H groups in total. The third kappa shape index (κ3) is 2.76. The van der Waals surface area contributed by atoms with Crippen molar-refractivity contribution >= 4 is 21.6 Å². The van der Waals surface area contributed by atoms with Crippen LogP contribution in [0, 0.1) is 10.1 Å². The van der Waals surface area contributed by atoms with Crippen molar-refractivity contribution in [2.75, 3.05) is 0 Å². The van der Waals surface area contributed by atoms with Crippen molar-refractivity contribution in [1.82, 2.24) is 9.97 Å². The van der Waals surface area contributed by atoms with Crippen LogP contribution < -0.4 is 4.74 Å². The third-order valence-electron chi connectivity index (χ3n) is 1.84. The molecule has 2 aromatic heterocycles. The van der Waals surface area contributed by atoms with E-state index in [0.717, 1.165) is 0 Å². The minimum atomic E-state index is -0.552. The van der Waals surface area contributed by atoms with Gasteiger partial charge in [0.15, 0.2) is 0 Å². The van der Waals surface area contributed by atoms with E-state index < -0.39 is 4.92 Å². The van der Waals surface area contributed by atoms with Crippen molar-refractivity contribution in [3.63, 3.8) is 0 Å². The van der Waals surface area contributed by atoms with Gasteiger partial charge >= 0.3 is 5.69 Å². The highest BCUT2D eigenvalue weighted by molar-refractivity contribution is 9.10. The van der Waals surface area contributed by atoms with Crippen molar-refractivity contribution in [3.8, 4) is 11.6 Å². The lowest BCUT2D eigenvalue weighted by molar-refractivity contribution is -0.386. The minimum Gasteiger partial charge on any atom is -0.432 e. The Balaban J connectivity index is 2.36. The average molecular weight is 296 g/mol. The van der Waals surface area contributed by atoms with Crippen LogP contribution in [0.5, 0.6) is 11.6 Å². The van der Waals surface area contributed by atoms with Crippen LogP contribution in [0.1, 0.15) is 0 Å². The van der Waals surface area contributed by atoms with E-state index in [1.54, 1.807) is 18.3 Å². The van der Waals surface area contributed by atoms with Crippen LogP contribution >= 0.6 is 15.9 Å². The second-order valence-electron chi connectivity index (χ2n) is 3.03. The summed E-state index contributed by atoms with van der Waals surface area (Å²) in [7, 11) is 0. The number of rotatable bonds is 3. The number of nitro groups is 1. The molecule has 0 amide bonds. The molecule has 0 saturated carbocycles. The van der Waals surface area contributed by atoms with Crippen LogP contribution in [0.15, 0.2) is 41.3 Å². The van der Waals surface area contributed by atoms with Crippen molar-refractivity contribution in [2.24, 2.45) is 0 Å². The van der Waals surface area contributed by atoms with E-state index in [0.29, 0.717) is 10.2 Å². The zero-order valence-corrected chi connectivity index (χ0v) is 9.99. The van der Waals surface area contributed by atoms with E-state index in [-0.39, 0.29) is 11.6 Å². The lowest BCUT2D eigenvalue weighted by Crippen LogP contribution is -1.96. The molecular formula is C10H6BrN3O3. The number of hydrogen-bond acceptors (Lipinski definition) is 5. The Bertz CT molecular complexity index is 548. The molecule has 0 aromatic carbocycles. The van der Waals surface area contributed by atoms with Gasteiger partial charge in [0.05, 0.1) is 11.1 Å². The van der Waals surface area contributed by atoms with E-state index in [2.05, 4.69) is 25.9 Å². The molecule has 2 aromatic rings. The molecule has 0 aliphatic heterocycles. The predicted octanol–water partition coefficient (Wildman–Crippen LogP) is 2.94. The molecule has 2 rings (SSSR count). The van der Waals surface area contributed by atoms with Gasteiger partial charge in [0.1, 0.15) is 5.75 Å². The zero-order valence-electron chi connectivity index (χ0n) is 8.41. The van der Waals surface area contributed by atoms with Gasteiger partial charge in [-0.25, -0.2) is 4.98 Å². The van der Waals surface area contributed by atoms with E-state index in [1.165, 1.54) is 18.5 Å². The molecule has 0 atom stereocenters. The molecule has 0 unspecified atom stereocenters. The Morgan fingerprint density at radius 3 is 2.88 bits per heavy atom. The molecule has 0 radical (unpaired) electrons. The SMILES string of the molecule is O=[N+]([O-])c1cc(Br)cnc1Oc1cccnc1. The number of nitrogens with zero attached hydrogens (tertiary/aromatic N) is 3. The van der Waals surface area contributed by atoms with E-state index in [9.17, 15) is 10.1 Å². The van der Waals surface area contributed by atoms with Gasteiger partial charge in [0.25, 0.3) is 5.88 Å². The highest BCUT2D eigenvalue weighted by atomic mass is 79.9. The Kier molecular flexibility index (Phi) is 3.29. The number of ether oxygens (including phenoxy) is 1. The molecule has 0 aliphatic carbocycles. The summed E-state index contributed by atoms with van der Waals surface area (Å²) < 4.78 is 5.81. The maximum Gasteiger partial charge on any atom is 0.332 e. The fourth-order valence-electron chi connectivity index (χ4n) is 1.14. The van der Waals surface area contributed by atoms with Gasteiger partial charge in [0, 0.05) is 22.9 Å². The molecule has 0 fully saturated rings. The van der Waals surface area contributed by atoms with E-state index in [1.807, 2.05) is 0 Å². The summed E-state index contributed by atoms with van der Waals surface area (Å²) in [6.07, 6.45) is 4.46. The van der Waals surface area contributed by atoms with Crippen molar-refractivity contribution in [3.05, 3.63) is 51.4 Å². The van der Waals surface area contributed by atoms with E-state index in [4.69, 9.17) is 4.74 Å². The molecule has 86 valence electrons. The summed E-state index contributed by atoms with van der Waals surface area (Å²) in [6.45, 7) is 0. The minimum absolute atomic E-state index is 0.0637. The van der Waals surface area contributed by atoms with Gasteiger partial charge in [-0.3, -0.25) is 15.1 Å². The van der Waals surface area contributed by atoms with Crippen LogP contribution in [-0.2, 0) is 0 Å². The molecule has 7 heteroatoms. The summed E-state index contributed by atoms with van der Waals surface area (Å²) in [4.78, 5) is 18.0. The number of hydrogen-bond donors (Lipinski definition) is 0. The Morgan fingerprint density at radius 2 is 2.24 bits per heavy atom. The van der Waals surface area contributed by atoms with Crippen molar-refractivity contribution in [2.45, 2.75) is 0 Å². The number of aromatic nitrogens is 2. The molecular weight excluding hydrogens is 290 g/mol. The highest BCUT2D eigenvalue weighted by Gasteiger charge is 2.18. The normalized spacial score (nSPS) is 9.94. The maximum absolute atomic E-state index is 10.8. The zero-order chi connectivity index (χ0) is 12.3. The second kappa shape index (κ2) is 4.88. The summed E-state index contributed by atoms with van der Waals surface area (Å²) in [6, 6.07) is 4.64. The number of halogens is 1. The molecule has 6 nitrogen and oxygen atoms in total. The summed E-state index contributed by atoms with van der Waals surface area (Å²) in [5.41, 5.74) is -0.205. The Morgan fingerprint density at radius 1 is 1.41 bits per heavy atom. The highest BCUT2D eigenvalue weighted by Crippen LogP contribution is 2.30. The summed E-state index contributed by atoms with van der Waals surface area (Å²) in [5, 5.41) is 10.8. The van der Waals surface area contributed by atoms with Crippen LogP contribution in [0.4, 0.5) is 5.69 Å². The first kappa shape index (κ1) is 11.5. The van der Waals surface area contributed by atoms with Crippen LogP contribution in [0.2, 0.25) is 0 Å². The van der Waals surface area contributed by atoms with Gasteiger partial charge in [-0.05, 0) is 28.1 Å². The molecule has 0 aliphatic rings. The van der Waals surface area contributed by atoms with Crippen molar-refractivity contribution < 1.29 is 9.66 Å². The average Bonchev–Trinajstić information content (AvgIpc) is 2.32.